The van der Waals surface area contributed by atoms with Gasteiger partial charge in [0.2, 0.25) is 0 Å². The molecule has 0 aromatic carbocycles. The van der Waals surface area contributed by atoms with Crippen LogP contribution in [-0.4, -0.2) is 19.8 Å². The van der Waals surface area contributed by atoms with E-state index in [1.165, 1.54) is 9.75 Å². The number of hydrogen-bond acceptors (Lipinski definition) is 2. The summed E-state index contributed by atoms with van der Waals surface area (Å²) in [6.07, 6.45) is 0. The smallest absolute Gasteiger partial charge is 0.0941 e. The summed E-state index contributed by atoms with van der Waals surface area (Å²) in [7, 11) is 0. The van der Waals surface area contributed by atoms with Gasteiger partial charge in [0.1, 0.15) is 0 Å². The molecule has 1 aromatic heterocycles. The van der Waals surface area contributed by atoms with Crippen LogP contribution in [0.3, 0.4) is 0 Å². The summed E-state index contributed by atoms with van der Waals surface area (Å²) < 4.78 is 12.6. The van der Waals surface area contributed by atoms with Crippen molar-refractivity contribution in [3.63, 3.8) is 0 Å². The summed E-state index contributed by atoms with van der Waals surface area (Å²) in [6, 6.07) is 4.26. The standard InChI is InChI=1S/C10H14FNS/c1-7-2-3-10(13-7)9-6-12-5-8(9)4-11/h2-3,8-9,12H,4-6H2,1H3/t8-,9+/m1/s1. The molecule has 0 aliphatic carbocycles. The van der Waals surface area contributed by atoms with E-state index in [9.17, 15) is 4.39 Å². The Bertz CT molecular complexity index is 284. The molecule has 3 heteroatoms. The molecule has 0 spiro atoms. The maximum absolute atomic E-state index is 12.6. The molecule has 2 heterocycles. The fourth-order valence-corrected chi connectivity index (χ4v) is 2.95. The molecule has 0 saturated carbocycles. The van der Waals surface area contributed by atoms with Gasteiger partial charge in [0.25, 0.3) is 0 Å². The summed E-state index contributed by atoms with van der Waals surface area (Å²) in [5.41, 5.74) is 0. The van der Waals surface area contributed by atoms with Gasteiger partial charge in [0.15, 0.2) is 0 Å². The van der Waals surface area contributed by atoms with Crippen LogP contribution in [0.5, 0.6) is 0 Å². The van der Waals surface area contributed by atoms with Crippen molar-refractivity contribution in [2.24, 2.45) is 5.92 Å². The first kappa shape index (κ1) is 9.16. The highest BCUT2D eigenvalue weighted by atomic mass is 32.1. The quantitative estimate of drug-likeness (QED) is 0.771. The lowest BCUT2D eigenvalue weighted by atomic mass is 9.96. The Morgan fingerprint density at radius 3 is 3.00 bits per heavy atom. The minimum Gasteiger partial charge on any atom is -0.316 e. The van der Waals surface area contributed by atoms with E-state index in [0.29, 0.717) is 5.92 Å². The van der Waals surface area contributed by atoms with Crippen molar-refractivity contribution in [1.82, 2.24) is 5.32 Å². The zero-order valence-corrected chi connectivity index (χ0v) is 8.53. The third-order valence-electron chi connectivity index (χ3n) is 2.66. The molecule has 1 fully saturated rings. The number of thiophene rings is 1. The molecule has 1 saturated heterocycles. The number of aryl methyl sites for hydroxylation is 1. The van der Waals surface area contributed by atoms with Crippen LogP contribution >= 0.6 is 11.3 Å². The van der Waals surface area contributed by atoms with Crippen molar-refractivity contribution < 1.29 is 4.39 Å². The van der Waals surface area contributed by atoms with Crippen LogP contribution in [-0.2, 0) is 0 Å². The summed E-state index contributed by atoms with van der Waals surface area (Å²) in [5, 5.41) is 3.25. The Labute approximate surface area is 82.0 Å². The van der Waals surface area contributed by atoms with Crippen LogP contribution in [0.2, 0.25) is 0 Å². The fraction of sp³-hybridized carbons (Fsp3) is 0.600. The van der Waals surface area contributed by atoms with Gasteiger partial charge in [-0.1, -0.05) is 0 Å². The van der Waals surface area contributed by atoms with E-state index in [1.807, 2.05) is 0 Å². The van der Waals surface area contributed by atoms with Crippen molar-refractivity contribution in [2.45, 2.75) is 12.8 Å². The maximum atomic E-state index is 12.6. The van der Waals surface area contributed by atoms with Gasteiger partial charge >= 0.3 is 0 Å². The molecule has 0 amide bonds. The molecule has 1 N–H and O–H groups in total. The van der Waals surface area contributed by atoms with Crippen LogP contribution in [0, 0.1) is 12.8 Å². The van der Waals surface area contributed by atoms with Crippen molar-refractivity contribution in [2.75, 3.05) is 19.8 Å². The fourth-order valence-electron chi connectivity index (χ4n) is 1.88. The van der Waals surface area contributed by atoms with Gasteiger partial charge in [-0.15, -0.1) is 11.3 Å². The highest BCUT2D eigenvalue weighted by molar-refractivity contribution is 7.12. The van der Waals surface area contributed by atoms with Crippen molar-refractivity contribution in [1.29, 1.82) is 0 Å². The average molecular weight is 199 g/mol. The van der Waals surface area contributed by atoms with Gasteiger partial charge in [-0.05, 0) is 19.1 Å². The summed E-state index contributed by atoms with van der Waals surface area (Å²) in [5.74, 6) is 0.599. The predicted molar refractivity (Wildman–Crippen MR) is 54.1 cm³/mol. The SMILES string of the molecule is Cc1ccc([C@H]2CNC[C@H]2CF)s1. The Hall–Kier alpha value is -0.410. The summed E-state index contributed by atoms with van der Waals surface area (Å²) >= 11 is 1.80. The molecule has 0 radical (unpaired) electrons. The number of halogens is 1. The molecule has 13 heavy (non-hydrogen) atoms. The van der Waals surface area contributed by atoms with E-state index < -0.39 is 0 Å². The molecular formula is C10H14FNS. The Kier molecular flexibility index (Phi) is 2.65. The van der Waals surface area contributed by atoms with Gasteiger partial charge in [-0.2, -0.15) is 0 Å². The molecule has 1 aliphatic rings. The summed E-state index contributed by atoms with van der Waals surface area (Å²) in [6.45, 7) is 3.67. The number of hydrogen-bond donors (Lipinski definition) is 1. The van der Waals surface area contributed by atoms with Crippen molar-refractivity contribution in [3.05, 3.63) is 21.9 Å². The Morgan fingerprint density at radius 2 is 2.38 bits per heavy atom. The van der Waals surface area contributed by atoms with Crippen LogP contribution in [0.4, 0.5) is 4.39 Å². The van der Waals surface area contributed by atoms with E-state index in [4.69, 9.17) is 0 Å². The number of nitrogens with one attached hydrogen (secondary N) is 1. The molecule has 0 bridgehead atoms. The van der Waals surface area contributed by atoms with Crippen LogP contribution in [0.15, 0.2) is 12.1 Å². The lowest BCUT2D eigenvalue weighted by molar-refractivity contribution is 0.360. The molecule has 1 aliphatic heterocycles. The predicted octanol–water partition coefficient (Wildman–Crippen LogP) is 2.33. The van der Waals surface area contributed by atoms with Gasteiger partial charge in [0.05, 0.1) is 6.67 Å². The van der Waals surface area contributed by atoms with Crippen LogP contribution in [0.1, 0.15) is 15.7 Å². The highest BCUT2D eigenvalue weighted by Gasteiger charge is 2.28. The van der Waals surface area contributed by atoms with Crippen LogP contribution in [0.25, 0.3) is 0 Å². The minimum atomic E-state index is -0.200. The van der Waals surface area contributed by atoms with E-state index in [2.05, 4.69) is 24.4 Å². The van der Waals surface area contributed by atoms with Crippen molar-refractivity contribution >= 4 is 11.3 Å². The van der Waals surface area contributed by atoms with Gasteiger partial charge in [-0.3, -0.25) is 4.39 Å². The monoisotopic (exact) mass is 199 g/mol. The first-order valence-electron chi connectivity index (χ1n) is 4.64. The minimum absolute atomic E-state index is 0.193. The number of rotatable bonds is 2. The second kappa shape index (κ2) is 3.76. The van der Waals surface area contributed by atoms with E-state index in [0.717, 1.165) is 13.1 Å². The molecule has 1 aromatic rings. The Morgan fingerprint density at radius 1 is 1.54 bits per heavy atom. The molecule has 2 atom stereocenters. The first-order valence-corrected chi connectivity index (χ1v) is 5.46. The van der Waals surface area contributed by atoms with E-state index in [1.54, 1.807) is 11.3 Å². The molecule has 0 unspecified atom stereocenters. The largest absolute Gasteiger partial charge is 0.316 e. The van der Waals surface area contributed by atoms with Crippen molar-refractivity contribution in [3.8, 4) is 0 Å². The first-order chi connectivity index (χ1) is 6.31. The third kappa shape index (κ3) is 1.76. The third-order valence-corrected chi connectivity index (χ3v) is 3.80. The second-order valence-corrected chi connectivity index (χ2v) is 4.95. The van der Waals surface area contributed by atoms with E-state index >= 15 is 0 Å². The van der Waals surface area contributed by atoms with Gasteiger partial charge < -0.3 is 5.32 Å². The average Bonchev–Trinajstić information content (AvgIpc) is 2.71. The van der Waals surface area contributed by atoms with Crippen LogP contribution < -0.4 is 5.32 Å². The topological polar surface area (TPSA) is 12.0 Å². The highest BCUT2D eigenvalue weighted by Crippen LogP contribution is 2.32. The molecule has 72 valence electrons. The molecular weight excluding hydrogens is 185 g/mol. The van der Waals surface area contributed by atoms with Gasteiger partial charge in [0, 0.05) is 34.7 Å². The normalized spacial score (nSPS) is 28.2. The lowest BCUT2D eigenvalue weighted by Crippen LogP contribution is -2.11. The molecule has 2 rings (SSSR count). The number of alkyl halides is 1. The molecule has 1 nitrogen and oxygen atoms in total. The van der Waals surface area contributed by atoms with Gasteiger partial charge in [-0.25, -0.2) is 0 Å². The zero-order chi connectivity index (χ0) is 9.26. The zero-order valence-electron chi connectivity index (χ0n) is 7.72. The second-order valence-electron chi connectivity index (χ2n) is 3.63. The summed E-state index contributed by atoms with van der Waals surface area (Å²) in [4.78, 5) is 2.66. The maximum Gasteiger partial charge on any atom is 0.0941 e. The Balaban J connectivity index is 2.15. The lowest BCUT2D eigenvalue weighted by Gasteiger charge is -2.12. The van der Waals surface area contributed by atoms with E-state index in [-0.39, 0.29) is 12.6 Å².